The molecule has 142 valence electrons. The predicted molar refractivity (Wildman–Crippen MR) is 104 cm³/mol. The SMILES string of the molecule is CC(C)n1ncc2cc(C(=O)OCc3cc(=O)n4cc(Cl)ccc4n3)cnc21. The van der Waals surface area contributed by atoms with Crippen LogP contribution in [0, 0.1) is 0 Å². The first-order chi connectivity index (χ1) is 13.4. The molecule has 8 nitrogen and oxygen atoms in total. The maximum Gasteiger partial charge on any atom is 0.340 e. The number of hydrogen-bond acceptors (Lipinski definition) is 6. The summed E-state index contributed by atoms with van der Waals surface area (Å²) >= 11 is 5.89. The van der Waals surface area contributed by atoms with Gasteiger partial charge in [-0.2, -0.15) is 5.10 Å². The highest BCUT2D eigenvalue weighted by atomic mass is 35.5. The second kappa shape index (κ2) is 7.05. The molecule has 0 atom stereocenters. The van der Waals surface area contributed by atoms with E-state index in [1.165, 1.54) is 22.9 Å². The van der Waals surface area contributed by atoms with E-state index in [-0.39, 0.29) is 18.2 Å². The van der Waals surface area contributed by atoms with Gasteiger partial charge in [-0.3, -0.25) is 9.20 Å². The molecule has 0 fully saturated rings. The molecule has 4 aromatic heterocycles. The van der Waals surface area contributed by atoms with Gasteiger partial charge >= 0.3 is 5.97 Å². The average molecular weight is 398 g/mol. The van der Waals surface area contributed by atoms with Crippen LogP contribution in [-0.4, -0.2) is 30.1 Å². The molecule has 4 rings (SSSR count). The molecule has 0 aliphatic rings. The Bertz CT molecular complexity index is 1260. The van der Waals surface area contributed by atoms with Crippen LogP contribution in [0.4, 0.5) is 0 Å². The number of aromatic nitrogens is 5. The van der Waals surface area contributed by atoms with E-state index in [4.69, 9.17) is 16.3 Å². The number of pyridine rings is 2. The van der Waals surface area contributed by atoms with Crippen molar-refractivity contribution in [2.24, 2.45) is 0 Å². The zero-order valence-electron chi connectivity index (χ0n) is 15.2. The number of carbonyl (C=O) groups excluding carboxylic acids is 1. The van der Waals surface area contributed by atoms with E-state index in [1.807, 2.05) is 13.8 Å². The van der Waals surface area contributed by atoms with Crippen LogP contribution < -0.4 is 5.56 Å². The number of carbonyl (C=O) groups is 1. The normalized spacial score (nSPS) is 11.4. The molecule has 28 heavy (non-hydrogen) atoms. The number of halogens is 1. The Labute approximate surface area is 164 Å². The molecule has 9 heteroatoms. The van der Waals surface area contributed by atoms with Crippen molar-refractivity contribution in [3.63, 3.8) is 0 Å². The fourth-order valence-corrected chi connectivity index (χ4v) is 3.01. The minimum Gasteiger partial charge on any atom is -0.456 e. The fraction of sp³-hybridized carbons (Fsp3) is 0.211. The highest BCUT2D eigenvalue weighted by Gasteiger charge is 2.13. The molecule has 0 bridgehead atoms. The third-order valence-corrected chi connectivity index (χ3v) is 4.41. The Morgan fingerprint density at radius 3 is 2.86 bits per heavy atom. The van der Waals surface area contributed by atoms with Crippen LogP contribution in [0.1, 0.15) is 35.9 Å². The molecule has 0 saturated carbocycles. The molecule has 0 saturated heterocycles. The summed E-state index contributed by atoms with van der Waals surface area (Å²) in [4.78, 5) is 33.2. The lowest BCUT2D eigenvalue weighted by atomic mass is 10.2. The van der Waals surface area contributed by atoms with E-state index in [1.54, 1.807) is 29.1 Å². The van der Waals surface area contributed by atoms with Gasteiger partial charge in [0, 0.05) is 29.9 Å². The van der Waals surface area contributed by atoms with E-state index in [2.05, 4.69) is 15.1 Å². The Balaban J connectivity index is 1.54. The first kappa shape index (κ1) is 18.1. The Kier molecular flexibility index (Phi) is 4.56. The second-order valence-corrected chi connectivity index (χ2v) is 6.99. The quantitative estimate of drug-likeness (QED) is 0.491. The van der Waals surface area contributed by atoms with Crippen LogP contribution in [0.5, 0.6) is 0 Å². The van der Waals surface area contributed by atoms with Crippen molar-refractivity contribution in [1.82, 2.24) is 24.1 Å². The zero-order chi connectivity index (χ0) is 19.8. The summed E-state index contributed by atoms with van der Waals surface area (Å²) in [7, 11) is 0. The molecule has 0 N–H and O–H groups in total. The molecule has 0 spiro atoms. The summed E-state index contributed by atoms with van der Waals surface area (Å²) in [5, 5.41) is 5.46. The van der Waals surface area contributed by atoms with Gasteiger partial charge in [0.15, 0.2) is 5.65 Å². The molecular formula is C19H16ClN5O3. The minimum atomic E-state index is -0.551. The monoisotopic (exact) mass is 397 g/mol. The molecule has 0 amide bonds. The lowest BCUT2D eigenvalue weighted by Gasteiger charge is -2.07. The van der Waals surface area contributed by atoms with E-state index < -0.39 is 5.97 Å². The molecule has 0 aliphatic carbocycles. The summed E-state index contributed by atoms with van der Waals surface area (Å²) in [6, 6.07) is 6.42. The van der Waals surface area contributed by atoms with Gasteiger partial charge in [0.05, 0.1) is 22.5 Å². The van der Waals surface area contributed by atoms with Gasteiger partial charge in [0.1, 0.15) is 12.3 Å². The van der Waals surface area contributed by atoms with Gasteiger partial charge < -0.3 is 4.74 Å². The Morgan fingerprint density at radius 2 is 2.07 bits per heavy atom. The standard InChI is InChI=1S/C19H16ClN5O3/c1-11(2)25-18-12(8-22-25)5-13(7-21-18)19(27)28-10-15-6-17(26)24-9-14(20)3-4-16(24)23-15/h3-9,11H,10H2,1-2H3. The van der Waals surface area contributed by atoms with Crippen LogP contribution >= 0.6 is 11.6 Å². The van der Waals surface area contributed by atoms with Gasteiger partial charge in [0.2, 0.25) is 0 Å². The Morgan fingerprint density at radius 1 is 1.25 bits per heavy atom. The average Bonchev–Trinajstić information content (AvgIpc) is 3.10. The summed E-state index contributed by atoms with van der Waals surface area (Å²) in [5.41, 5.74) is 1.48. The summed E-state index contributed by atoms with van der Waals surface area (Å²) in [6.07, 6.45) is 4.60. The first-order valence-electron chi connectivity index (χ1n) is 8.60. The van der Waals surface area contributed by atoms with Crippen molar-refractivity contribution in [3.05, 3.63) is 69.5 Å². The van der Waals surface area contributed by atoms with Gasteiger partial charge in [-0.05, 0) is 32.0 Å². The summed E-state index contributed by atoms with van der Waals surface area (Å²) in [6.45, 7) is 3.88. The number of esters is 1. The molecule has 0 aromatic carbocycles. The predicted octanol–water partition coefficient (Wildman–Crippen LogP) is 3.03. The lowest BCUT2D eigenvalue weighted by molar-refractivity contribution is 0.0467. The molecule has 0 aliphatic heterocycles. The van der Waals surface area contributed by atoms with Crippen molar-refractivity contribution in [1.29, 1.82) is 0 Å². The number of hydrogen-bond donors (Lipinski definition) is 0. The lowest BCUT2D eigenvalue weighted by Crippen LogP contribution is -2.16. The number of ether oxygens (including phenoxy) is 1. The molecule has 0 radical (unpaired) electrons. The topological polar surface area (TPSA) is 91.4 Å². The maximum absolute atomic E-state index is 12.4. The largest absolute Gasteiger partial charge is 0.456 e. The van der Waals surface area contributed by atoms with Gasteiger partial charge in [-0.15, -0.1) is 0 Å². The van der Waals surface area contributed by atoms with Crippen LogP contribution in [0.15, 0.2) is 47.7 Å². The van der Waals surface area contributed by atoms with E-state index in [0.29, 0.717) is 27.6 Å². The minimum absolute atomic E-state index is 0.128. The number of fused-ring (bicyclic) bond motifs is 2. The van der Waals surface area contributed by atoms with E-state index >= 15 is 0 Å². The maximum atomic E-state index is 12.4. The second-order valence-electron chi connectivity index (χ2n) is 6.56. The highest BCUT2D eigenvalue weighted by Crippen LogP contribution is 2.17. The summed E-state index contributed by atoms with van der Waals surface area (Å²) in [5.74, 6) is -0.551. The van der Waals surface area contributed by atoms with E-state index in [9.17, 15) is 9.59 Å². The number of nitrogens with zero attached hydrogens (tertiary/aromatic N) is 5. The van der Waals surface area contributed by atoms with Crippen molar-refractivity contribution < 1.29 is 9.53 Å². The molecule has 0 unspecified atom stereocenters. The van der Waals surface area contributed by atoms with Gasteiger partial charge in [0.25, 0.3) is 5.56 Å². The first-order valence-corrected chi connectivity index (χ1v) is 8.98. The van der Waals surface area contributed by atoms with Gasteiger partial charge in [-0.1, -0.05) is 11.6 Å². The van der Waals surface area contributed by atoms with Crippen LogP contribution in [0.3, 0.4) is 0 Å². The van der Waals surface area contributed by atoms with Crippen molar-refractivity contribution >= 4 is 34.3 Å². The molecule has 4 heterocycles. The fourth-order valence-electron chi connectivity index (χ4n) is 2.85. The van der Waals surface area contributed by atoms with Crippen LogP contribution in [-0.2, 0) is 11.3 Å². The summed E-state index contributed by atoms with van der Waals surface area (Å²) < 4.78 is 8.41. The Hall–Kier alpha value is -3.26. The van der Waals surface area contributed by atoms with E-state index in [0.717, 1.165) is 5.39 Å². The van der Waals surface area contributed by atoms with Crippen molar-refractivity contribution in [2.75, 3.05) is 0 Å². The zero-order valence-corrected chi connectivity index (χ0v) is 15.9. The smallest absolute Gasteiger partial charge is 0.340 e. The highest BCUT2D eigenvalue weighted by molar-refractivity contribution is 6.30. The van der Waals surface area contributed by atoms with Crippen LogP contribution in [0.2, 0.25) is 5.02 Å². The molecule has 4 aromatic rings. The van der Waals surface area contributed by atoms with Crippen molar-refractivity contribution in [2.45, 2.75) is 26.5 Å². The number of rotatable bonds is 4. The van der Waals surface area contributed by atoms with Crippen molar-refractivity contribution in [3.8, 4) is 0 Å². The van der Waals surface area contributed by atoms with Crippen LogP contribution in [0.25, 0.3) is 16.7 Å². The third-order valence-electron chi connectivity index (χ3n) is 4.19. The van der Waals surface area contributed by atoms with Gasteiger partial charge in [-0.25, -0.2) is 19.4 Å². The third kappa shape index (κ3) is 3.34. The molecular weight excluding hydrogens is 382 g/mol.